The summed E-state index contributed by atoms with van der Waals surface area (Å²) in [5.41, 5.74) is 0. The van der Waals surface area contributed by atoms with Gasteiger partial charge in [0.15, 0.2) is 10.9 Å². The van der Waals surface area contributed by atoms with Crippen molar-refractivity contribution in [3.63, 3.8) is 0 Å². The van der Waals surface area contributed by atoms with E-state index in [4.69, 9.17) is 4.74 Å². The highest BCUT2D eigenvalue weighted by molar-refractivity contribution is 8.01. The zero-order valence-electron chi connectivity index (χ0n) is 8.30. The van der Waals surface area contributed by atoms with Crippen molar-refractivity contribution >= 4 is 23.1 Å². The number of nitrogens with zero attached hydrogens (tertiary/aromatic N) is 3. The predicted octanol–water partition coefficient (Wildman–Crippen LogP) is 2.12. The molecule has 7 heteroatoms. The van der Waals surface area contributed by atoms with Crippen molar-refractivity contribution in [2.24, 2.45) is 0 Å². The minimum Gasteiger partial charge on any atom is -0.487 e. The van der Waals surface area contributed by atoms with Crippen molar-refractivity contribution in [2.45, 2.75) is 16.4 Å². The third-order valence-corrected chi connectivity index (χ3v) is 4.09. The van der Waals surface area contributed by atoms with E-state index in [-0.39, 0.29) is 5.25 Å². The number of hydrogen-bond donors (Lipinski definition) is 1. The van der Waals surface area contributed by atoms with Crippen LogP contribution in [-0.4, -0.2) is 27.7 Å². The molecule has 0 aliphatic heterocycles. The van der Waals surface area contributed by atoms with E-state index in [0.29, 0.717) is 5.82 Å². The fourth-order valence-corrected chi connectivity index (χ4v) is 3.17. The smallest absolute Gasteiger partial charge is 0.187 e. The number of ether oxygens (including phenoxy) is 1. The molecule has 0 amide bonds. The van der Waals surface area contributed by atoms with Gasteiger partial charge in [-0.05, 0) is 19.1 Å². The second kappa shape index (κ2) is 4.63. The summed E-state index contributed by atoms with van der Waals surface area (Å²) in [6, 6.07) is 3.99. The molecule has 0 aromatic carbocycles. The predicted molar refractivity (Wildman–Crippen MR) is 59.3 cm³/mol. The van der Waals surface area contributed by atoms with Gasteiger partial charge in [-0.3, -0.25) is 0 Å². The number of thioether (sulfide) groups is 1. The van der Waals surface area contributed by atoms with Gasteiger partial charge in [-0.2, -0.15) is 5.21 Å². The standard InChI is InChI=1S/C8H10N4OS2/c1-5(8-9-11-12-10-8)14-7-4-3-6(13-2)15-7/h3-5H,1-2H3,(H,9,10,11,12). The summed E-state index contributed by atoms with van der Waals surface area (Å²) in [5.74, 6) is 0.715. The molecule has 2 rings (SSSR count). The third-order valence-electron chi connectivity index (χ3n) is 1.78. The van der Waals surface area contributed by atoms with E-state index in [9.17, 15) is 0 Å². The highest BCUT2D eigenvalue weighted by atomic mass is 32.2. The van der Waals surface area contributed by atoms with Crippen LogP contribution in [0.3, 0.4) is 0 Å². The molecule has 0 saturated carbocycles. The van der Waals surface area contributed by atoms with Gasteiger partial charge in [-0.25, -0.2) is 0 Å². The van der Waals surface area contributed by atoms with Crippen molar-refractivity contribution in [1.29, 1.82) is 0 Å². The summed E-state index contributed by atoms with van der Waals surface area (Å²) in [5, 5.41) is 15.0. The molecular formula is C8H10N4OS2. The molecule has 1 atom stereocenters. The van der Waals surface area contributed by atoms with Crippen LogP contribution in [0.2, 0.25) is 0 Å². The summed E-state index contributed by atoms with van der Waals surface area (Å²) < 4.78 is 6.31. The molecule has 2 aromatic heterocycles. The Morgan fingerprint density at radius 1 is 1.53 bits per heavy atom. The second-order valence-corrected chi connectivity index (χ2v) is 5.50. The topological polar surface area (TPSA) is 63.7 Å². The molecule has 2 aromatic rings. The van der Waals surface area contributed by atoms with Gasteiger partial charge in [-0.1, -0.05) is 16.6 Å². The number of nitrogens with one attached hydrogen (secondary N) is 1. The maximum absolute atomic E-state index is 5.12. The maximum Gasteiger partial charge on any atom is 0.187 e. The van der Waals surface area contributed by atoms with E-state index in [0.717, 1.165) is 5.06 Å². The van der Waals surface area contributed by atoms with Gasteiger partial charge in [0.25, 0.3) is 0 Å². The molecule has 80 valence electrons. The van der Waals surface area contributed by atoms with Crippen LogP contribution in [-0.2, 0) is 0 Å². The quantitative estimate of drug-likeness (QED) is 0.832. The summed E-state index contributed by atoms with van der Waals surface area (Å²) in [6.07, 6.45) is 0. The van der Waals surface area contributed by atoms with Gasteiger partial charge in [0.05, 0.1) is 16.6 Å². The Balaban J connectivity index is 2.02. The van der Waals surface area contributed by atoms with Crippen molar-refractivity contribution in [3.8, 4) is 5.06 Å². The zero-order chi connectivity index (χ0) is 10.7. The molecule has 1 N–H and O–H groups in total. The molecule has 2 heterocycles. The highest BCUT2D eigenvalue weighted by Crippen LogP contribution is 2.39. The van der Waals surface area contributed by atoms with E-state index in [2.05, 4.69) is 20.6 Å². The molecule has 0 saturated heterocycles. The van der Waals surface area contributed by atoms with Crippen LogP contribution in [0, 0.1) is 0 Å². The fraction of sp³-hybridized carbons (Fsp3) is 0.375. The Labute approximate surface area is 95.2 Å². The molecule has 0 radical (unpaired) electrons. The lowest BCUT2D eigenvalue weighted by Crippen LogP contribution is -1.90. The van der Waals surface area contributed by atoms with Gasteiger partial charge in [-0.15, -0.1) is 22.0 Å². The largest absolute Gasteiger partial charge is 0.487 e. The molecule has 0 spiro atoms. The lowest BCUT2D eigenvalue weighted by atomic mass is 10.5. The number of methoxy groups -OCH3 is 1. The number of rotatable bonds is 4. The van der Waals surface area contributed by atoms with Crippen LogP contribution in [0.1, 0.15) is 18.0 Å². The molecule has 0 fully saturated rings. The van der Waals surface area contributed by atoms with E-state index in [1.54, 1.807) is 30.2 Å². The molecule has 15 heavy (non-hydrogen) atoms. The molecule has 0 bridgehead atoms. The second-order valence-electron chi connectivity index (χ2n) is 2.81. The normalized spacial score (nSPS) is 12.7. The van der Waals surface area contributed by atoms with Crippen molar-refractivity contribution < 1.29 is 4.74 Å². The third kappa shape index (κ3) is 2.48. The average Bonchev–Trinajstić information content (AvgIpc) is 2.87. The zero-order valence-corrected chi connectivity index (χ0v) is 9.93. The summed E-state index contributed by atoms with van der Waals surface area (Å²) in [7, 11) is 1.67. The first kappa shape index (κ1) is 10.4. The Morgan fingerprint density at radius 3 is 3.00 bits per heavy atom. The van der Waals surface area contributed by atoms with Gasteiger partial charge in [0.2, 0.25) is 0 Å². The first-order valence-electron chi connectivity index (χ1n) is 4.33. The van der Waals surface area contributed by atoms with Gasteiger partial charge < -0.3 is 4.74 Å². The van der Waals surface area contributed by atoms with Gasteiger partial charge in [0.1, 0.15) is 0 Å². The van der Waals surface area contributed by atoms with Crippen LogP contribution in [0.15, 0.2) is 16.3 Å². The Morgan fingerprint density at radius 2 is 2.40 bits per heavy atom. The Kier molecular flexibility index (Phi) is 3.22. The van der Waals surface area contributed by atoms with E-state index < -0.39 is 0 Å². The average molecular weight is 242 g/mol. The number of thiophene rings is 1. The minimum absolute atomic E-state index is 0.187. The lowest BCUT2D eigenvalue weighted by molar-refractivity contribution is 0.427. The minimum atomic E-state index is 0.187. The Bertz CT molecular complexity index is 414. The van der Waals surface area contributed by atoms with Crippen LogP contribution in [0.25, 0.3) is 0 Å². The van der Waals surface area contributed by atoms with Gasteiger partial charge in [0, 0.05) is 0 Å². The van der Waals surface area contributed by atoms with E-state index in [1.165, 1.54) is 4.21 Å². The fourth-order valence-electron chi connectivity index (χ4n) is 1.04. The molecule has 1 unspecified atom stereocenters. The van der Waals surface area contributed by atoms with Crippen molar-refractivity contribution in [3.05, 3.63) is 18.0 Å². The first-order valence-corrected chi connectivity index (χ1v) is 6.03. The number of aromatic nitrogens is 4. The SMILES string of the molecule is COc1ccc(SC(C)c2nn[nH]n2)s1. The van der Waals surface area contributed by atoms with E-state index in [1.807, 2.05) is 19.1 Å². The molecule has 0 aliphatic carbocycles. The van der Waals surface area contributed by atoms with Crippen LogP contribution < -0.4 is 4.74 Å². The van der Waals surface area contributed by atoms with Gasteiger partial charge >= 0.3 is 0 Å². The molecular weight excluding hydrogens is 232 g/mol. The van der Waals surface area contributed by atoms with Crippen LogP contribution >= 0.6 is 23.1 Å². The number of H-pyrrole nitrogens is 1. The summed E-state index contributed by atoms with van der Waals surface area (Å²) in [4.78, 5) is 0. The Hall–Kier alpha value is -1.08. The first-order chi connectivity index (χ1) is 7.29. The van der Waals surface area contributed by atoms with Crippen molar-refractivity contribution in [2.75, 3.05) is 7.11 Å². The highest BCUT2D eigenvalue weighted by Gasteiger charge is 2.13. The van der Waals surface area contributed by atoms with Crippen LogP contribution in [0.5, 0.6) is 5.06 Å². The number of hydrogen-bond acceptors (Lipinski definition) is 6. The lowest BCUT2D eigenvalue weighted by Gasteiger charge is -2.02. The summed E-state index contributed by atoms with van der Waals surface area (Å²) >= 11 is 3.30. The number of tetrazole rings is 1. The van der Waals surface area contributed by atoms with Crippen LogP contribution in [0.4, 0.5) is 0 Å². The monoisotopic (exact) mass is 242 g/mol. The number of aromatic amines is 1. The summed E-state index contributed by atoms with van der Waals surface area (Å²) in [6.45, 7) is 2.04. The van der Waals surface area contributed by atoms with Crippen molar-refractivity contribution in [1.82, 2.24) is 20.6 Å². The molecule has 0 aliphatic rings. The maximum atomic E-state index is 5.12. The van der Waals surface area contributed by atoms with E-state index >= 15 is 0 Å². The molecule has 5 nitrogen and oxygen atoms in total.